The van der Waals surface area contributed by atoms with E-state index in [1.54, 1.807) is 14.2 Å². The number of methoxy groups -OCH3 is 1. The van der Waals surface area contributed by atoms with Crippen LogP contribution in [-0.4, -0.2) is 72.6 Å². The molecule has 8 heteroatoms. The van der Waals surface area contributed by atoms with Crippen LogP contribution in [0.2, 0.25) is 0 Å². The smallest absolute Gasteiger partial charge is 0.273 e. The fourth-order valence-electron chi connectivity index (χ4n) is 4.73. The average Bonchev–Trinajstić information content (AvgIpc) is 3.37. The maximum atomic E-state index is 13.2. The van der Waals surface area contributed by atoms with Crippen LogP contribution in [-0.2, 0) is 13.0 Å². The average molecular weight is 436 g/mol. The van der Waals surface area contributed by atoms with Gasteiger partial charge in [-0.15, -0.1) is 0 Å². The molecule has 0 aliphatic carbocycles. The predicted octanol–water partition coefficient (Wildman–Crippen LogP) is 2.60. The second-order valence-electron chi connectivity index (χ2n) is 8.50. The zero-order valence-electron chi connectivity index (χ0n) is 18.7. The zero-order valence-corrected chi connectivity index (χ0v) is 18.7. The number of nitrogens with one attached hydrogen (secondary N) is 1. The van der Waals surface area contributed by atoms with Gasteiger partial charge in [-0.05, 0) is 30.6 Å². The Labute approximate surface area is 188 Å². The first-order valence-corrected chi connectivity index (χ1v) is 11.2. The summed E-state index contributed by atoms with van der Waals surface area (Å²) in [6.07, 6.45) is 5.11. The van der Waals surface area contributed by atoms with E-state index in [0.717, 1.165) is 73.8 Å². The van der Waals surface area contributed by atoms with Crippen LogP contribution in [0.25, 0.3) is 6.08 Å². The molecule has 1 fully saturated rings. The van der Waals surface area contributed by atoms with E-state index in [1.807, 2.05) is 23.1 Å². The summed E-state index contributed by atoms with van der Waals surface area (Å²) in [7, 11) is 3.45. The van der Waals surface area contributed by atoms with Crippen molar-refractivity contribution in [2.24, 2.45) is 0 Å². The molecule has 1 saturated heterocycles. The van der Waals surface area contributed by atoms with Crippen LogP contribution >= 0.6 is 0 Å². The van der Waals surface area contributed by atoms with Gasteiger partial charge in [0, 0.05) is 57.3 Å². The Kier molecular flexibility index (Phi) is 5.70. The molecule has 4 heterocycles. The Morgan fingerprint density at radius 3 is 2.84 bits per heavy atom. The summed E-state index contributed by atoms with van der Waals surface area (Å²) in [5.41, 5.74) is 4.73. The highest BCUT2D eigenvalue weighted by Crippen LogP contribution is 2.36. The van der Waals surface area contributed by atoms with Crippen LogP contribution in [0.15, 0.2) is 23.8 Å². The lowest BCUT2D eigenvalue weighted by molar-refractivity contribution is 0.0783. The molecule has 168 valence electrons. The molecule has 32 heavy (non-hydrogen) atoms. The van der Waals surface area contributed by atoms with Crippen molar-refractivity contribution in [2.45, 2.75) is 25.8 Å². The predicted molar refractivity (Wildman–Crippen MR) is 122 cm³/mol. The van der Waals surface area contributed by atoms with Crippen LogP contribution in [0.4, 0.5) is 5.95 Å². The molecule has 3 aliphatic rings. The molecule has 0 atom stereocenters. The molecule has 0 unspecified atom stereocenters. The second-order valence-corrected chi connectivity index (χ2v) is 8.50. The number of nitrogens with zero attached hydrogens (tertiary/aromatic N) is 4. The van der Waals surface area contributed by atoms with Gasteiger partial charge < -0.3 is 19.7 Å². The van der Waals surface area contributed by atoms with Crippen molar-refractivity contribution in [3.8, 4) is 11.5 Å². The SMILES string of the molecule is CNc1nc2c(c(C(=O)N3CCCC3)n1)CN(CC1=Cc3cccc(OC)c3OC1)CC2. The summed E-state index contributed by atoms with van der Waals surface area (Å²) in [6.45, 7) is 4.47. The Bertz CT molecular complexity index is 1060. The number of hydrogen-bond donors (Lipinski definition) is 1. The van der Waals surface area contributed by atoms with Gasteiger partial charge in [-0.1, -0.05) is 12.1 Å². The number of anilines is 1. The third-order valence-corrected chi connectivity index (χ3v) is 6.38. The summed E-state index contributed by atoms with van der Waals surface area (Å²) >= 11 is 0. The summed E-state index contributed by atoms with van der Waals surface area (Å²) in [4.78, 5) is 26.7. The first kappa shape index (κ1) is 20.8. The minimum atomic E-state index is 0.0285. The number of para-hydroxylation sites is 1. The van der Waals surface area contributed by atoms with Crippen molar-refractivity contribution in [3.63, 3.8) is 0 Å². The maximum absolute atomic E-state index is 13.2. The number of ether oxygens (including phenoxy) is 2. The van der Waals surface area contributed by atoms with Crippen LogP contribution in [0.3, 0.4) is 0 Å². The number of carbonyl (C=O) groups excluding carboxylic acids is 1. The summed E-state index contributed by atoms with van der Waals surface area (Å²) in [6, 6.07) is 5.94. The molecular weight excluding hydrogens is 406 g/mol. The van der Waals surface area contributed by atoms with Gasteiger partial charge in [-0.25, -0.2) is 9.97 Å². The molecule has 3 aliphatic heterocycles. The number of fused-ring (bicyclic) bond motifs is 2. The van der Waals surface area contributed by atoms with E-state index in [-0.39, 0.29) is 5.91 Å². The fraction of sp³-hybridized carbons (Fsp3) is 0.458. The summed E-state index contributed by atoms with van der Waals surface area (Å²) in [5.74, 6) is 2.11. The van der Waals surface area contributed by atoms with Crippen molar-refractivity contribution in [1.29, 1.82) is 0 Å². The van der Waals surface area contributed by atoms with Gasteiger partial charge >= 0.3 is 0 Å². The van der Waals surface area contributed by atoms with E-state index in [0.29, 0.717) is 24.8 Å². The number of hydrogen-bond acceptors (Lipinski definition) is 7. The number of rotatable bonds is 5. The number of carbonyl (C=O) groups is 1. The Morgan fingerprint density at radius 1 is 1.22 bits per heavy atom. The van der Waals surface area contributed by atoms with Crippen molar-refractivity contribution in [3.05, 3.63) is 46.3 Å². The van der Waals surface area contributed by atoms with E-state index in [1.165, 1.54) is 5.57 Å². The standard InChI is InChI=1S/C24H29N5O3/c1-25-24-26-19-8-11-28(14-18(19)21(27-24)23(30)29-9-3-4-10-29)13-16-12-17-6-5-7-20(31-2)22(17)32-15-16/h5-7,12H,3-4,8-11,13-15H2,1-2H3,(H,25,26,27). The van der Waals surface area contributed by atoms with Crippen LogP contribution in [0.5, 0.6) is 11.5 Å². The first-order chi connectivity index (χ1) is 15.7. The first-order valence-electron chi connectivity index (χ1n) is 11.2. The summed E-state index contributed by atoms with van der Waals surface area (Å²) < 4.78 is 11.4. The van der Waals surface area contributed by atoms with Gasteiger partial charge in [0.25, 0.3) is 5.91 Å². The highest BCUT2D eigenvalue weighted by Gasteiger charge is 2.30. The van der Waals surface area contributed by atoms with Crippen LogP contribution in [0, 0.1) is 0 Å². The Hall–Kier alpha value is -3.13. The molecule has 0 radical (unpaired) electrons. The van der Waals surface area contributed by atoms with Gasteiger partial charge in [-0.2, -0.15) is 0 Å². The van der Waals surface area contributed by atoms with Crippen molar-refractivity contribution in [2.75, 3.05) is 52.3 Å². The zero-order chi connectivity index (χ0) is 22.1. The number of amides is 1. The quantitative estimate of drug-likeness (QED) is 0.773. The molecule has 8 nitrogen and oxygen atoms in total. The molecule has 1 amide bonds. The van der Waals surface area contributed by atoms with E-state index in [4.69, 9.17) is 9.47 Å². The lowest BCUT2D eigenvalue weighted by atomic mass is 10.0. The molecule has 2 aromatic rings. The largest absolute Gasteiger partial charge is 0.493 e. The highest BCUT2D eigenvalue weighted by molar-refractivity contribution is 5.94. The molecule has 0 spiro atoms. The molecule has 0 bridgehead atoms. The maximum Gasteiger partial charge on any atom is 0.273 e. The van der Waals surface area contributed by atoms with Crippen molar-refractivity contribution in [1.82, 2.24) is 19.8 Å². The lowest BCUT2D eigenvalue weighted by Crippen LogP contribution is -2.37. The molecule has 1 N–H and O–H groups in total. The lowest BCUT2D eigenvalue weighted by Gasteiger charge is -2.31. The van der Waals surface area contributed by atoms with Gasteiger partial charge in [-0.3, -0.25) is 9.69 Å². The van der Waals surface area contributed by atoms with Gasteiger partial charge in [0.15, 0.2) is 11.5 Å². The normalized spacial score (nSPS) is 17.8. The Morgan fingerprint density at radius 2 is 2.06 bits per heavy atom. The number of aromatic nitrogens is 2. The van der Waals surface area contributed by atoms with Gasteiger partial charge in [0.2, 0.25) is 5.95 Å². The highest BCUT2D eigenvalue weighted by atomic mass is 16.5. The third kappa shape index (κ3) is 3.90. The van der Waals surface area contributed by atoms with E-state index < -0.39 is 0 Å². The molecule has 1 aromatic heterocycles. The van der Waals surface area contributed by atoms with Gasteiger partial charge in [0.1, 0.15) is 12.3 Å². The minimum absolute atomic E-state index is 0.0285. The van der Waals surface area contributed by atoms with E-state index in [2.05, 4.69) is 26.3 Å². The molecule has 1 aromatic carbocycles. The third-order valence-electron chi connectivity index (χ3n) is 6.38. The van der Waals surface area contributed by atoms with Crippen molar-refractivity contribution >= 4 is 17.9 Å². The monoisotopic (exact) mass is 435 g/mol. The van der Waals surface area contributed by atoms with Crippen LogP contribution in [0.1, 0.15) is 40.2 Å². The van der Waals surface area contributed by atoms with Gasteiger partial charge in [0.05, 0.1) is 12.8 Å². The summed E-state index contributed by atoms with van der Waals surface area (Å²) in [5, 5.41) is 3.02. The Balaban J connectivity index is 1.38. The number of likely N-dealkylation sites (tertiary alicyclic amines) is 1. The van der Waals surface area contributed by atoms with E-state index >= 15 is 0 Å². The van der Waals surface area contributed by atoms with Crippen molar-refractivity contribution < 1.29 is 14.3 Å². The molecular formula is C24H29N5O3. The fourth-order valence-corrected chi connectivity index (χ4v) is 4.73. The molecule has 5 rings (SSSR count). The van der Waals surface area contributed by atoms with Crippen LogP contribution < -0.4 is 14.8 Å². The minimum Gasteiger partial charge on any atom is -0.493 e. The topological polar surface area (TPSA) is 79.8 Å². The second kappa shape index (κ2) is 8.78. The van der Waals surface area contributed by atoms with E-state index in [9.17, 15) is 4.79 Å². The number of benzene rings is 1. The molecule has 0 saturated carbocycles.